The molecular weight excluding hydrogens is 286 g/mol. The van der Waals surface area contributed by atoms with Crippen molar-refractivity contribution in [1.29, 1.82) is 5.26 Å². The molecule has 4 heteroatoms. The zero-order valence-electron chi connectivity index (χ0n) is 14.7. The van der Waals surface area contributed by atoms with Gasteiger partial charge < -0.3 is 10.8 Å². The number of pyridine rings is 1. The van der Waals surface area contributed by atoms with Crippen LogP contribution in [0.2, 0.25) is 0 Å². The molecular formula is C19H27N3O. The van der Waals surface area contributed by atoms with Gasteiger partial charge in [-0.1, -0.05) is 34.3 Å². The van der Waals surface area contributed by atoms with Crippen LogP contribution in [0.25, 0.3) is 11.3 Å². The number of nitriles is 1. The Kier molecular flexibility index (Phi) is 5.74. The molecule has 0 atom stereocenters. The molecule has 0 amide bonds. The molecule has 1 saturated carbocycles. The zero-order valence-corrected chi connectivity index (χ0v) is 14.7. The molecule has 124 valence electrons. The number of hydrogen-bond donors (Lipinski definition) is 2. The van der Waals surface area contributed by atoms with E-state index in [0.29, 0.717) is 33.0 Å². The normalized spacial score (nSPS) is 20.9. The van der Waals surface area contributed by atoms with E-state index in [1.807, 2.05) is 6.07 Å². The fourth-order valence-corrected chi connectivity index (χ4v) is 3.43. The number of allylic oxidation sites excluding steroid dienone is 1. The second kappa shape index (κ2) is 6.97. The molecule has 1 aliphatic rings. The Balaban J connectivity index is 0.000000253. The van der Waals surface area contributed by atoms with Gasteiger partial charge in [0, 0.05) is 17.5 Å². The number of nitrogens with two attached hydrogens (primary N) is 1. The highest BCUT2D eigenvalue weighted by Gasteiger charge is 2.50. The summed E-state index contributed by atoms with van der Waals surface area (Å²) in [5.74, 6) is 0.141. The van der Waals surface area contributed by atoms with Crippen molar-refractivity contribution in [2.75, 3.05) is 0 Å². The lowest BCUT2D eigenvalue weighted by Crippen LogP contribution is -2.60. The summed E-state index contributed by atoms with van der Waals surface area (Å²) in [7, 11) is 0. The van der Waals surface area contributed by atoms with Crippen molar-refractivity contribution >= 4 is 11.3 Å². The van der Waals surface area contributed by atoms with Gasteiger partial charge in [-0.3, -0.25) is 4.98 Å². The van der Waals surface area contributed by atoms with Crippen LogP contribution in [0.15, 0.2) is 31.0 Å². The Morgan fingerprint density at radius 2 is 2.00 bits per heavy atom. The van der Waals surface area contributed by atoms with Gasteiger partial charge in [-0.2, -0.15) is 5.26 Å². The van der Waals surface area contributed by atoms with Gasteiger partial charge in [-0.15, -0.1) is 0 Å². The van der Waals surface area contributed by atoms with Crippen LogP contribution in [-0.2, 0) is 0 Å². The molecule has 4 nitrogen and oxygen atoms in total. The topological polar surface area (TPSA) is 82.9 Å². The first kappa shape index (κ1) is 18.9. The Morgan fingerprint density at radius 3 is 2.30 bits per heavy atom. The van der Waals surface area contributed by atoms with Crippen LogP contribution in [0.3, 0.4) is 0 Å². The van der Waals surface area contributed by atoms with Crippen molar-refractivity contribution in [3.63, 3.8) is 0 Å². The number of aliphatic hydroxyl groups is 1. The SMILES string of the molecule is C=C/C(C#N)=c1/nccc/c1=C(/C)O.CC1(C)CC(C)(C)C1N. The number of hydrogen-bond acceptors (Lipinski definition) is 4. The predicted octanol–water partition coefficient (Wildman–Crippen LogP) is 2.40. The van der Waals surface area contributed by atoms with Crippen LogP contribution in [0, 0.1) is 22.2 Å². The first-order valence-corrected chi connectivity index (χ1v) is 7.70. The Hall–Kier alpha value is -2.12. The highest BCUT2D eigenvalue weighted by molar-refractivity contribution is 5.68. The van der Waals surface area contributed by atoms with Crippen molar-refractivity contribution in [2.24, 2.45) is 16.6 Å². The Bertz CT molecular complexity index is 721. The molecule has 0 unspecified atom stereocenters. The maximum absolute atomic E-state index is 9.36. The van der Waals surface area contributed by atoms with E-state index in [-0.39, 0.29) is 5.76 Å². The second-order valence-electron chi connectivity index (χ2n) is 7.35. The molecule has 1 aliphatic carbocycles. The summed E-state index contributed by atoms with van der Waals surface area (Å²) in [4.78, 5) is 4.03. The van der Waals surface area contributed by atoms with E-state index >= 15 is 0 Å². The van der Waals surface area contributed by atoms with Gasteiger partial charge in [-0.05, 0) is 42.4 Å². The number of aromatic nitrogens is 1. The highest BCUT2D eigenvalue weighted by atomic mass is 16.3. The number of rotatable bonds is 1. The van der Waals surface area contributed by atoms with Gasteiger partial charge in [0.05, 0.1) is 16.7 Å². The van der Waals surface area contributed by atoms with Crippen LogP contribution in [-0.4, -0.2) is 16.1 Å². The lowest BCUT2D eigenvalue weighted by atomic mass is 9.52. The summed E-state index contributed by atoms with van der Waals surface area (Å²) in [6, 6.07) is 5.78. The van der Waals surface area contributed by atoms with E-state index in [1.165, 1.54) is 12.5 Å². The first-order valence-electron chi connectivity index (χ1n) is 7.70. The van der Waals surface area contributed by atoms with Gasteiger partial charge in [0.1, 0.15) is 6.07 Å². The van der Waals surface area contributed by atoms with Crippen molar-refractivity contribution in [1.82, 2.24) is 4.98 Å². The van der Waals surface area contributed by atoms with Gasteiger partial charge in [0.15, 0.2) is 0 Å². The van der Waals surface area contributed by atoms with Crippen molar-refractivity contribution < 1.29 is 5.11 Å². The van der Waals surface area contributed by atoms with Crippen LogP contribution in [0.1, 0.15) is 41.0 Å². The van der Waals surface area contributed by atoms with Gasteiger partial charge in [-0.25, -0.2) is 0 Å². The van der Waals surface area contributed by atoms with E-state index < -0.39 is 0 Å². The molecule has 0 aliphatic heterocycles. The van der Waals surface area contributed by atoms with E-state index in [4.69, 9.17) is 11.0 Å². The van der Waals surface area contributed by atoms with Crippen molar-refractivity contribution in [2.45, 2.75) is 47.1 Å². The minimum Gasteiger partial charge on any atom is -0.512 e. The summed E-state index contributed by atoms with van der Waals surface area (Å²) >= 11 is 0. The summed E-state index contributed by atoms with van der Waals surface area (Å²) in [5.41, 5.74) is 7.07. The van der Waals surface area contributed by atoms with Crippen LogP contribution in [0.5, 0.6) is 0 Å². The zero-order chi connectivity index (χ0) is 17.8. The molecule has 2 rings (SSSR count). The van der Waals surface area contributed by atoms with Crippen LogP contribution in [0.4, 0.5) is 0 Å². The largest absolute Gasteiger partial charge is 0.512 e. The van der Waals surface area contributed by atoms with Crippen LogP contribution < -0.4 is 16.3 Å². The Morgan fingerprint density at radius 1 is 1.43 bits per heavy atom. The molecule has 0 saturated heterocycles. The maximum Gasteiger partial charge on any atom is 0.101 e. The third-order valence-electron chi connectivity index (χ3n) is 4.37. The van der Waals surface area contributed by atoms with E-state index in [2.05, 4.69) is 39.3 Å². The van der Waals surface area contributed by atoms with Gasteiger partial charge in [0.2, 0.25) is 0 Å². The summed E-state index contributed by atoms with van der Waals surface area (Å²) < 4.78 is 0. The van der Waals surface area contributed by atoms with Gasteiger partial charge >= 0.3 is 0 Å². The average Bonchev–Trinajstić information content (AvgIpc) is 2.48. The van der Waals surface area contributed by atoms with Crippen molar-refractivity contribution in [3.8, 4) is 6.07 Å². The predicted molar refractivity (Wildman–Crippen MR) is 94.6 cm³/mol. The lowest BCUT2D eigenvalue weighted by Gasteiger charge is -2.55. The number of aliphatic hydroxyl groups excluding tert-OH is 1. The molecule has 1 fully saturated rings. The third kappa shape index (κ3) is 4.20. The van der Waals surface area contributed by atoms with Gasteiger partial charge in [0.25, 0.3) is 0 Å². The minimum atomic E-state index is 0.141. The highest BCUT2D eigenvalue weighted by Crippen LogP contribution is 2.52. The molecule has 0 spiro atoms. The molecule has 1 heterocycles. The summed E-state index contributed by atoms with van der Waals surface area (Å²) in [6.45, 7) is 14.0. The number of nitrogens with zero attached hydrogens (tertiary/aromatic N) is 2. The summed E-state index contributed by atoms with van der Waals surface area (Å²) in [6.07, 6.45) is 4.26. The molecule has 0 aromatic carbocycles. The quantitative estimate of drug-likeness (QED) is 0.834. The van der Waals surface area contributed by atoms with E-state index in [9.17, 15) is 5.11 Å². The smallest absolute Gasteiger partial charge is 0.101 e. The molecule has 1 aromatic heterocycles. The van der Waals surface area contributed by atoms with Crippen molar-refractivity contribution in [3.05, 3.63) is 41.6 Å². The first-order chi connectivity index (χ1) is 10.6. The molecule has 3 N–H and O–H groups in total. The monoisotopic (exact) mass is 313 g/mol. The molecule has 0 bridgehead atoms. The molecule has 0 radical (unpaired) electrons. The summed E-state index contributed by atoms with van der Waals surface area (Å²) in [5, 5.41) is 19.2. The van der Waals surface area contributed by atoms with E-state index in [0.717, 1.165) is 0 Å². The maximum atomic E-state index is 9.36. The average molecular weight is 313 g/mol. The Labute approximate surface area is 138 Å². The van der Waals surface area contributed by atoms with E-state index in [1.54, 1.807) is 25.3 Å². The van der Waals surface area contributed by atoms with Crippen LogP contribution >= 0.6 is 0 Å². The fraction of sp³-hybridized carbons (Fsp3) is 0.474. The lowest BCUT2D eigenvalue weighted by molar-refractivity contribution is -0.0169. The minimum absolute atomic E-state index is 0.141. The molecule has 23 heavy (non-hydrogen) atoms. The second-order valence-corrected chi connectivity index (χ2v) is 7.35. The standard InChI is InChI=1S/C11H10N2O.C8H17N/c1-3-9(7-12)11-10(8(2)14)5-4-6-13-11;1-7(2)5-8(3,4)6(7)9/h3-6,14H,1H2,2H3;6H,5,9H2,1-4H3/b10-8+,11-9-;. The molecule has 1 aromatic rings. The third-order valence-corrected chi connectivity index (χ3v) is 4.37. The fourth-order valence-electron chi connectivity index (χ4n) is 3.43.